The Bertz CT molecular complexity index is 1310. The van der Waals surface area contributed by atoms with Crippen molar-refractivity contribution < 1.29 is 17.6 Å². The number of benzene rings is 1. The lowest BCUT2D eigenvalue weighted by molar-refractivity contribution is 0.0932. The highest BCUT2D eigenvalue weighted by atomic mass is 32.2. The normalized spacial score (nSPS) is 21.7. The number of imidazole rings is 1. The molecule has 5 rings (SSSR count). The Labute approximate surface area is 191 Å². The minimum absolute atomic E-state index is 0.00640. The predicted molar refractivity (Wildman–Crippen MR) is 121 cm³/mol. The predicted octanol–water partition coefficient (Wildman–Crippen LogP) is 1.97. The second-order valence-electron chi connectivity index (χ2n) is 8.59. The van der Waals surface area contributed by atoms with Gasteiger partial charge in [-0.2, -0.15) is 0 Å². The fourth-order valence-corrected chi connectivity index (χ4v) is 5.57. The number of anilines is 1. The van der Waals surface area contributed by atoms with Crippen molar-refractivity contribution in [3.63, 3.8) is 0 Å². The first-order valence-corrected chi connectivity index (χ1v) is 12.8. The number of aromatic nitrogens is 3. The molecule has 0 radical (unpaired) electrons. The highest BCUT2D eigenvalue weighted by molar-refractivity contribution is 7.88. The molecule has 1 aromatic carbocycles. The molecule has 3 aromatic rings. The van der Waals surface area contributed by atoms with E-state index < -0.39 is 10.0 Å². The third-order valence-corrected chi connectivity index (χ3v) is 7.59. The van der Waals surface area contributed by atoms with E-state index in [2.05, 4.69) is 20.3 Å². The molecule has 9 nitrogen and oxygen atoms in total. The van der Waals surface area contributed by atoms with E-state index in [1.54, 1.807) is 18.2 Å². The van der Waals surface area contributed by atoms with Crippen LogP contribution in [0.4, 0.5) is 10.2 Å². The van der Waals surface area contributed by atoms with Crippen molar-refractivity contribution in [3.05, 3.63) is 59.7 Å². The average molecular weight is 473 g/mol. The Hall–Kier alpha value is -3.05. The van der Waals surface area contributed by atoms with E-state index in [9.17, 15) is 17.6 Å². The van der Waals surface area contributed by atoms with Crippen LogP contribution in [-0.2, 0) is 10.0 Å². The minimum Gasteiger partial charge on any atom is -0.348 e. The lowest BCUT2D eigenvalue weighted by Gasteiger charge is -2.26. The van der Waals surface area contributed by atoms with Gasteiger partial charge in [0.25, 0.3) is 5.91 Å². The number of halogens is 1. The lowest BCUT2D eigenvalue weighted by atomic mass is 10.0. The molecular formula is C22H25FN6O3S. The van der Waals surface area contributed by atoms with Gasteiger partial charge in [-0.25, -0.2) is 26.6 Å². The van der Waals surface area contributed by atoms with Gasteiger partial charge in [-0.05, 0) is 49.1 Å². The monoisotopic (exact) mass is 472 g/mol. The van der Waals surface area contributed by atoms with Crippen LogP contribution in [0.5, 0.6) is 0 Å². The summed E-state index contributed by atoms with van der Waals surface area (Å²) in [5.74, 6) is 0.0683. The molecule has 4 heterocycles. The van der Waals surface area contributed by atoms with Gasteiger partial charge >= 0.3 is 0 Å². The van der Waals surface area contributed by atoms with Crippen molar-refractivity contribution in [3.8, 4) is 0 Å². The van der Waals surface area contributed by atoms with Crippen LogP contribution in [0.1, 0.15) is 41.4 Å². The summed E-state index contributed by atoms with van der Waals surface area (Å²) in [5, 5.41) is 7.59. The van der Waals surface area contributed by atoms with Crippen LogP contribution in [0.15, 0.2) is 42.6 Å². The van der Waals surface area contributed by atoms with Crippen LogP contribution in [0.3, 0.4) is 0 Å². The van der Waals surface area contributed by atoms with E-state index in [1.807, 2.05) is 12.1 Å². The number of hydrogen-bond donors (Lipinski definition) is 1. The molecule has 0 saturated carbocycles. The topological polar surface area (TPSA) is 99.9 Å². The molecule has 1 unspecified atom stereocenters. The van der Waals surface area contributed by atoms with E-state index in [0.717, 1.165) is 24.9 Å². The molecule has 11 heteroatoms. The first-order valence-electron chi connectivity index (χ1n) is 10.9. The van der Waals surface area contributed by atoms with Gasteiger partial charge in [0.15, 0.2) is 11.3 Å². The number of sulfonamides is 1. The van der Waals surface area contributed by atoms with Gasteiger partial charge in [-0.15, -0.1) is 5.10 Å². The third-order valence-electron chi connectivity index (χ3n) is 6.32. The maximum atomic E-state index is 13.8. The highest BCUT2D eigenvalue weighted by Crippen LogP contribution is 2.35. The third kappa shape index (κ3) is 4.30. The van der Waals surface area contributed by atoms with Crippen LogP contribution in [0, 0.1) is 5.82 Å². The number of carbonyl (C=O) groups is 1. The Morgan fingerprint density at radius 2 is 2.03 bits per heavy atom. The summed E-state index contributed by atoms with van der Waals surface area (Å²) in [7, 11) is -3.28. The number of fused-ring (bicyclic) bond motifs is 1. The van der Waals surface area contributed by atoms with Crippen molar-refractivity contribution in [2.24, 2.45) is 0 Å². The lowest BCUT2D eigenvalue weighted by Crippen LogP contribution is -2.38. The molecule has 0 spiro atoms. The molecular weight excluding hydrogens is 447 g/mol. The molecule has 0 bridgehead atoms. The zero-order valence-electron chi connectivity index (χ0n) is 18.2. The second kappa shape index (κ2) is 8.38. The van der Waals surface area contributed by atoms with E-state index in [-0.39, 0.29) is 36.0 Å². The van der Waals surface area contributed by atoms with Crippen LogP contribution in [0.25, 0.3) is 5.65 Å². The fourth-order valence-electron chi connectivity index (χ4n) is 4.68. The van der Waals surface area contributed by atoms with Crippen LogP contribution < -0.4 is 10.2 Å². The molecule has 1 amide bonds. The molecule has 2 aromatic heterocycles. The van der Waals surface area contributed by atoms with Gasteiger partial charge in [-0.3, -0.25) is 4.79 Å². The zero-order valence-corrected chi connectivity index (χ0v) is 19.0. The summed E-state index contributed by atoms with van der Waals surface area (Å²) < 4.78 is 40.1. The van der Waals surface area contributed by atoms with Crippen LogP contribution >= 0.6 is 0 Å². The summed E-state index contributed by atoms with van der Waals surface area (Å²) in [5.41, 5.74) is 1.72. The molecule has 1 N–H and O–H groups in total. The number of carbonyl (C=O) groups excluding carboxylic acids is 1. The molecule has 174 valence electrons. The van der Waals surface area contributed by atoms with Crippen LogP contribution in [0.2, 0.25) is 0 Å². The summed E-state index contributed by atoms with van der Waals surface area (Å²) in [6.45, 7) is 1.41. The van der Waals surface area contributed by atoms with Crippen molar-refractivity contribution in [1.82, 2.24) is 24.2 Å². The second-order valence-corrected chi connectivity index (χ2v) is 10.6. The van der Waals surface area contributed by atoms with Crippen LogP contribution in [-0.4, -0.2) is 65.2 Å². The molecule has 2 saturated heterocycles. The Kier molecular flexibility index (Phi) is 5.53. The summed E-state index contributed by atoms with van der Waals surface area (Å²) in [6, 6.07) is 10.0. The number of rotatable bonds is 5. The molecule has 2 atom stereocenters. The number of nitrogens with one attached hydrogen (secondary N) is 1. The number of hydrogen-bond acceptors (Lipinski definition) is 6. The fraction of sp³-hybridized carbons (Fsp3) is 0.409. The van der Waals surface area contributed by atoms with Gasteiger partial charge < -0.3 is 10.2 Å². The zero-order chi connectivity index (χ0) is 23.2. The maximum absolute atomic E-state index is 13.8. The van der Waals surface area contributed by atoms with Crippen molar-refractivity contribution in [2.45, 2.75) is 31.3 Å². The number of nitrogens with zero attached hydrogens (tertiary/aromatic N) is 5. The summed E-state index contributed by atoms with van der Waals surface area (Å²) in [6.07, 6.45) is 5.04. The van der Waals surface area contributed by atoms with E-state index in [0.29, 0.717) is 24.4 Å². The Morgan fingerprint density at radius 1 is 1.18 bits per heavy atom. The van der Waals surface area contributed by atoms with Gasteiger partial charge in [0.05, 0.1) is 18.5 Å². The summed E-state index contributed by atoms with van der Waals surface area (Å²) >= 11 is 0. The highest BCUT2D eigenvalue weighted by Gasteiger charge is 2.31. The minimum atomic E-state index is -3.28. The molecule has 2 aliphatic rings. The molecule has 2 aliphatic heterocycles. The molecule has 0 aliphatic carbocycles. The Balaban J connectivity index is 1.38. The van der Waals surface area contributed by atoms with Crippen molar-refractivity contribution >= 4 is 27.4 Å². The SMILES string of the molecule is CS(=O)(=O)N1CC[C@@H](NC(=O)c2cnc3ccc(N4CCCC4c4cccc(F)c4)nn23)C1. The smallest absolute Gasteiger partial charge is 0.271 e. The van der Waals surface area contributed by atoms with Gasteiger partial charge in [-0.1, -0.05) is 12.1 Å². The average Bonchev–Trinajstić information content (AvgIpc) is 3.51. The number of amides is 1. The first-order chi connectivity index (χ1) is 15.8. The van der Waals surface area contributed by atoms with Crippen molar-refractivity contribution in [1.29, 1.82) is 0 Å². The molecule has 33 heavy (non-hydrogen) atoms. The summed E-state index contributed by atoms with van der Waals surface area (Å²) in [4.78, 5) is 19.4. The maximum Gasteiger partial charge on any atom is 0.271 e. The largest absolute Gasteiger partial charge is 0.348 e. The van der Waals surface area contributed by atoms with Gasteiger partial charge in [0, 0.05) is 25.7 Å². The quantitative estimate of drug-likeness (QED) is 0.610. The Morgan fingerprint density at radius 3 is 2.79 bits per heavy atom. The van der Waals surface area contributed by atoms with Crippen molar-refractivity contribution in [2.75, 3.05) is 30.8 Å². The van der Waals surface area contributed by atoms with E-state index >= 15 is 0 Å². The van der Waals surface area contributed by atoms with Gasteiger partial charge in [0.2, 0.25) is 10.0 Å². The standard InChI is InChI=1S/C22H25FN6O3S/c1-33(31,32)27-11-9-17(14-27)25-22(30)19-13-24-20-7-8-21(26-29(19)20)28-10-3-6-18(28)15-4-2-5-16(23)12-15/h2,4-5,7-8,12-13,17-18H,3,6,9-11,14H2,1H3,(H,25,30)/t17-,18?/m1/s1. The van der Waals surface area contributed by atoms with Gasteiger partial charge in [0.1, 0.15) is 11.6 Å². The van der Waals surface area contributed by atoms with E-state index in [1.165, 1.54) is 27.3 Å². The van der Waals surface area contributed by atoms with E-state index in [4.69, 9.17) is 0 Å². The first kappa shape index (κ1) is 21.8. The molecule has 2 fully saturated rings.